The number of nitrogens with one attached hydrogen (secondary N) is 2. The topological polar surface area (TPSA) is 96.5 Å². The van der Waals surface area contributed by atoms with Gasteiger partial charge in [0.15, 0.2) is 0 Å². The van der Waals surface area contributed by atoms with E-state index >= 15 is 0 Å². The van der Waals surface area contributed by atoms with Gasteiger partial charge in [-0.25, -0.2) is 0 Å². The van der Waals surface area contributed by atoms with Crippen LogP contribution < -0.4 is 10.6 Å². The van der Waals surface area contributed by atoms with Crippen molar-refractivity contribution in [3.8, 4) is 0 Å². The zero-order valence-corrected chi connectivity index (χ0v) is 18.5. The van der Waals surface area contributed by atoms with Crippen molar-refractivity contribution in [1.29, 1.82) is 0 Å². The van der Waals surface area contributed by atoms with Gasteiger partial charge >= 0.3 is 5.97 Å². The normalized spacial score (nSPS) is 18.6. The van der Waals surface area contributed by atoms with Crippen molar-refractivity contribution in [2.24, 2.45) is 0 Å². The molecular weight excluding hydrogens is 425 g/mol. The summed E-state index contributed by atoms with van der Waals surface area (Å²) in [6.07, 6.45) is 4.29. The van der Waals surface area contributed by atoms with Crippen LogP contribution in [0, 0.1) is 0 Å². The largest absolute Gasteiger partial charge is 0.469 e. The highest BCUT2D eigenvalue weighted by atomic mass is 35.5. The first-order valence-corrected chi connectivity index (χ1v) is 10.1. The van der Waals surface area contributed by atoms with E-state index in [0.717, 1.165) is 56.9 Å². The number of hydrogen-bond acceptors (Lipinski definition) is 8. The van der Waals surface area contributed by atoms with E-state index in [1.807, 2.05) is 0 Å². The molecule has 0 atom stereocenters. The first-order chi connectivity index (χ1) is 12.7. The molecule has 1 amide bonds. The summed E-state index contributed by atoms with van der Waals surface area (Å²) >= 11 is 1.43. The summed E-state index contributed by atoms with van der Waals surface area (Å²) in [6, 6.07) is 0.156. The molecule has 2 N–H and O–H groups in total. The van der Waals surface area contributed by atoms with Crippen LogP contribution in [0.5, 0.6) is 0 Å². The van der Waals surface area contributed by atoms with E-state index in [-0.39, 0.29) is 42.7 Å². The molecule has 160 valence electrons. The number of likely N-dealkylation sites (tertiary alicyclic amines) is 1. The Labute approximate surface area is 182 Å². The van der Waals surface area contributed by atoms with E-state index in [0.29, 0.717) is 23.9 Å². The molecule has 8 nitrogen and oxygen atoms in total. The summed E-state index contributed by atoms with van der Waals surface area (Å²) in [5.74, 6) is 0.130. The maximum Gasteiger partial charge on any atom is 0.306 e. The number of carbonyl (C=O) groups excluding carboxylic acids is 2. The fourth-order valence-corrected chi connectivity index (χ4v) is 4.38. The Balaban J connectivity index is 0.00000196. The van der Waals surface area contributed by atoms with Crippen molar-refractivity contribution >= 4 is 48.0 Å². The third-order valence-electron chi connectivity index (χ3n) is 5.11. The van der Waals surface area contributed by atoms with Gasteiger partial charge in [-0.3, -0.25) is 9.59 Å². The average Bonchev–Trinajstić information content (AvgIpc) is 3.18. The van der Waals surface area contributed by atoms with Crippen LogP contribution in [-0.2, 0) is 9.53 Å². The number of aromatic nitrogens is 2. The predicted molar refractivity (Wildman–Crippen MR) is 113 cm³/mol. The Bertz CT molecular complexity index is 620. The zero-order valence-electron chi connectivity index (χ0n) is 16.0. The molecule has 1 aromatic heterocycles. The standard InChI is InChI=1S/C17H27N5O3S.2ClH/c1-25-14(23)6-11-22-9-4-13(5-10-22)19-15(24)17-21-20-16(26-17)12-2-7-18-8-3-12;;/h12-13,18H,2-11H2,1H3,(H,19,24);2*1H. The number of ether oxygens (including phenoxy) is 1. The van der Waals surface area contributed by atoms with Crippen molar-refractivity contribution in [3.63, 3.8) is 0 Å². The Kier molecular flexibility index (Phi) is 11.2. The van der Waals surface area contributed by atoms with Crippen LogP contribution >= 0.6 is 36.2 Å². The number of esters is 1. The van der Waals surface area contributed by atoms with Crippen LogP contribution in [0.25, 0.3) is 0 Å². The molecule has 2 aliphatic heterocycles. The summed E-state index contributed by atoms with van der Waals surface area (Å²) < 4.78 is 4.67. The molecule has 0 radical (unpaired) electrons. The third-order valence-corrected chi connectivity index (χ3v) is 6.19. The number of carbonyl (C=O) groups is 2. The number of amides is 1. The number of piperidine rings is 2. The van der Waals surface area contributed by atoms with Gasteiger partial charge in [0, 0.05) is 31.6 Å². The van der Waals surface area contributed by atoms with Gasteiger partial charge in [-0.2, -0.15) is 0 Å². The lowest BCUT2D eigenvalue weighted by Crippen LogP contribution is -2.45. The summed E-state index contributed by atoms with van der Waals surface area (Å²) in [4.78, 5) is 25.9. The minimum atomic E-state index is -0.179. The molecule has 11 heteroatoms. The van der Waals surface area contributed by atoms with Crippen LogP contribution in [-0.4, -0.2) is 72.8 Å². The summed E-state index contributed by atoms with van der Waals surface area (Å²) in [5, 5.41) is 16.2. The summed E-state index contributed by atoms with van der Waals surface area (Å²) in [7, 11) is 1.41. The number of halogens is 2. The molecule has 0 aromatic carbocycles. The second-order valence-electron chi connectivity index (χ2n) is 6.89. The van der Waals surface area contributed by atoms with Crippen molar-refractivity contribution < 1.29 is 14.3 Å². The van der Waals surface area contributed by atoms with E-state index < -0.39 is 0 Å². The van der Waals surface area contributed by atoms with Crippen LogP contribution in [0.2, 0.25) is 0 Å². The smallest absolute Gasteiger partial charge is 0.306 e. The Morgan fingerprint density at radius 3 is 2.50 bits per heavy atom. The quantitative estimate of drug-likeness (QED) is 0.631. The van der Waals surface area contributed by atoms with Gasteiger partial charge < -0.3 is 20.3 Å². The molecule has 2 aliphatic rings. The molecule has 0 aliphatic carbocycles. The fraction of sp³-hybridized carbons (Fsp3) is 0.765. The van der Waals surface area contributed by atoms with E-state index in [2.05, 4.69) is 30.5 Å². The van der Waals surface area contributed by atoms with Crippen LogP contribution in [0.4, 0.5) is 0 Å². The van der Waals surface area contributed by atoms with Gasteiger partial charge in [-0.1, -0.05) is 11.3 Å². The number of methoxy groups -OCH3 is 1. The molecule has 1 aromatic rings. The van der Waals surface area contributed by atoms with E-state index in [1.165, 1.54) is 18.4 Å². The first-order valence-electron chi connectivity index (χ1n) is 9.30. The minimum Gasteiger partial charge on any atom is -0.469 e. The minimum absolute atomic E-state index is 0. The van der Waals surface area contributed by atoms with Gasteiger partial charge in [-0.05, 0) is 38.8 Å². The van der Waals surface area contributed by atoms with E-state index in [9.17, 15) is 9.59 Å². The van der Waals surface area contributed by atoms with Crippen molar-refractivity contribution in [1.82, 2.24) is 25.7 Å². The molecule has 0 unspecified atom stereocenters. The molecule has 0 bridgehead atoms. The van der Waals surface area contributed by atoms with Crippen LogP contribution in [0.15, 0.2) is 0 Å². The van der Waals surface area contributed by atoms with E-state index in [4.69, 9.17) is 0 Å². The van der Waals surface area contributed by atoms with Crippen molar-refractivity contribution in [2.75, 3.05) is 39.8 Å². The molecule has 3 rings (SSSR count). The predicted octanol–water partition coefficient (Wildman–Crippen LogP) is 1.61. The van der Waals surface area contributed by atoms with Gasteiger partial charge in [-0.15, -0.1) is 35.0 Å². The number of rotatable bonds is 6. The highest BCUT2D eigenvalue weighted by molar-refractivity contribution is 7.13. The van der Waals surface area contributed by atoms with Gasteiger partial charge in [0.1, 0.15) is 5.01 Å². The number of hydrogen-bond donors (Lipinski definition) is 2. The lowest BCUT2D eigenvalue weighted by Gasteiger charge is -2.31. The molecule has 2 saturated heterocycles. The lowest BCUT2D eigenvalue weighted by molar-refractivity contribution is -0.141. The molecule has 0 saturated carbocycles. The maximum atomic E-state index is 12.5. The SMILES string of the molecule is COC(=O)CCN1CCC(NC(=O)c2nnc(C3CCNCC3)s2)CC1.Cl.Cl. The van der Waals surface area contributed by atoms with Crippen molar-refractivity contribution in [3.05, 3.63) is 10.0 Å². The van der Waals surface area contributed by atoms with Crippen LogP contribution in [0.1, 0.15) is 52.8 Å². The molecule has 3 heterocycles. The van der Waals surface area contributed by atoms with Gasteiger partial charge in [0.05, 0.1) is 13.5 Å². The highest BCUT2D eigenvalue weighted by Gasteiger charge is 2.25. The molecular formula is C17H29Cl2N5O3S. The monoisotopic (exact) mass is 453 g/mol. The average molecular weight is 454 g/mol. The third kappa shape index (κ3) is 7.11. The molecule has 0 spiro atoms. The summed E-state index contributed by atoms with van der Waals surface area (Å²) in [5.41, 5.74) is 0. The van der Waals surface area contributed by atoms with Crippen molar-refractivity contribution in [2.45, 2.75) is 44.1 Å². The first kappa shape index (κ1) is 25.0. The Morgan fingerprint density at radius 1 is 1.18 bits per heavy atom. The second-order valence-corrected chi connectivity index (χ2v) is 7.89. The fourth-order valence-electron chi connectivity index (χ4n) is 3.46. The van der Waals surface area contributed by atoms with Crippen LogP contribution in [0.3, 0.4) is 0 Å². The Morgan fingerprint density at radius 2 is 1.86 bits per heavy atom. The van der Waals surface area contributed by atoms with Gasteiger partial charge in [0.2, 0.25) is 5.01 Å². The van der Waals surface area contributed by atoms with E-state index in [1.54, 1.807) is 0 Å². The molecule has 28 heavy (non-hydrogen) atoms. The highest BCUT2D eigenvalue weighted by Crippen LogP contribution is 2.27. The number of nitrogens with zero attached hydrogens (tertiary/aromatic N) is 3. The second kappa shape index (κ2) is 12.5. The lowest BCUT2D eigenvalue weighted by atomic mass is 9.99. The van der Waals surface area contributed by atoms with Gasteiger partial charge in [0.25, 0.3) is 5.91 Å². The molecule has 2 fully saturated rings. The Hall–Kier alpha value is -1.000. The maximum absolute atomic E-state index is 12.5. The zero-order chi connectivity index (χ0) is 18.4. The summed E-state index contributed by atoms with van der Waals surface area (Å²) in [6.45, 7) is 4.46.